The molecule has 1 saturated heterocycles. The molecule has 1 fully saturated rings. The van der Waals surface area contributed by atoms with Crippen LogP contribution in [-0.2, 0) is 4.79 Å². The van der Waals surface area contributed by atoms with Crippen LogP contribution in [0.3, 0.4) is 0 Å². The summed E-state index contributed by atoms with van der Waals surface area (Å²) in [4.78, 5) is 10.4. The Morgan fingerprint density at radius 2 is 1.67 bits per heavy atom. The van der Waals surface area contributed by atoms with Crippen molar-refractivity contribution in [1.29, 1.82) is 0 Å². The molecule has 1 aliphatic heterocycles. The minimum absolute atomic E-state index is 0.110. The van der Waals surface area contributed by atoms with Gasteiger partial charge in [0.1, 0.15) is 6.29 Å². The molecule has 0 aromatic heterocycles. The highest BCUT2D eigenvalue weighted by atomic mass is 35.5. The first-order chi connectivity index (χ1) is 8.54. The Hall–Kier alpha value is -1.09. The molecular formula is C14H15Cl2NO. The molecule has 1 N–H and O–H groups in total. The lowest BCUT2D eigenvalue weighted by Gasteiger charge is -2.22. The van der Waals surface area contributed by atoms with E-state index in [0.29, 0.717) is 10.0 Å². The number of hydrogen-bond acceptors (Lipinski definition) is 2. The number of benzene rings is 1. The van der Waals surface area contributed by atoms with Gasteiger partial charge in [0.2, 0.25) is 0 Å². The molecule has 0 spiro atoms. The predicted molar refractivity (Wildman–Crippen MR) is 77.2 cm³/mol. The van der Waals surface area contributed by atoms with E-state index in [1.165, 1.54) is 0 Å². The van der Waals surface area contributed by atoms with Crippen LogP contribution in [0.25, 0.3) is 0 Å². The summed E-state index contributed by atoms with van der Waals surface area (Å²) in [5.74, 6) is -0.110. The lowest BCUT2D eigenvalue weighted by atomic mass is 9.91. The topological polar surface area (TPSA) is 29.1 Å². The molecule has 1 aromatic rings. The number of carbonyl (C=O) groups is 1. The molecule has 0 aliphatic carbocycles. The van der Waals surface area contributed by atoms with Crippen molar-refractivity contribution in [1.82, 2.24) is 5.32 Å². The number of halogens is 2. The Morgan fingerprint density at radius 3 is 1.94 bits per heavy atom. The summed E-state index contributed by atoms with van der Waals surface area (Å²) in [6.07, 6.45) is 0.908. The normalized spacial score (nSPS) is 15.9. The van der Waals surface area contributed by atoms with Gasteiger partial charge in [0.25, 0.3) is 0 Å². The average molecular weight is 284 g/mol. The zero-order valence-corrected chi connectivity index (χ0v) is 11.5. The maximum atomic E-state index is 10.4. The van der Waals surface area contributed by atoms with E-state index in [1.54, 1.807) is 18.2 Å². The van der Waals surface area contributed by atoms with Crippen LogP contribution in [0.1, 0.15) is 0 Å². The van der Waals surface area contributed by atoms with E-state index in [2.05, 4.69) is 18.5 Å². The van der Waals surface area contributed by atoms with E-state index < -0.39 is 0 Å². The number of rotatable bonds is 1. The van der Waals surface area contributed by atoms with Crippen LogP contribution in [0.5, 0.6) is 0 Å². The lowest BCUT2D eigenvalue weighted by molar-refractivity contribution is -0.109. The zero-order chi connectivity index (χ0) is 13.5. The highest BCUT2D eigenvalue weighted by Crippen LogP contribution is 2.17. The largest absolute Gasteiger partial charge is 0.309 e. The minimum atomic E-state index is -0.110. The molecule has 1 aliphatic rings. The highest BCUT2D eigenvalue weighted by molar-refractivity contribution is 6.34. The predicted octanol–water partition coefficient (Wildman–Crippen LogP) is 3.51. The maximum absolute atomic E-state index is 10.4. The molecule has 2 nitrogen and oxygen atoms in total. The molecule has 0 atom stereocenters. The Labute approximate surface area is 117 Å². The van der Waals surface area contributed by atoms with Crippen LogP contribution in [0.4, 0.5) is 0 Å². The average Bonchev–Trinajstić information content (AvgIpc) is 2.29. The van der Waals surface area contributed by atoms with Crippen molar-refractivity contribution in [2.75, 3.05) is 13.1 Å². The van der Waals surface area contributed by atoms with E-state index in [9.17, 15) is 4.79 Å². The SMILES string of the molecule is C=C1CNCC(=C)C1C=O.Clc1cccc(Cl)c1. The van der Waals surface area contributed by atoms with Gasteiger partial charge in [0.05, 0.1) is 5.92 Å². The van der Waals surface area contributed by atoms with Gasteiger partial charge in [-0.05, 0) is 29.3 Å². The van der Waals surface area contributed by atoms with Crippen molar-refractivity contribution in [3.63, 3.8) is 0 Å². The summed E-state index contributed by atoms with van der Waals surface area (Å²) in [6, 6.07) is 7.08. The Bertz CT molecular complexity index is 424. The molecule has 0 radical (unpaired) electrons. The third-order valence-corrected chi connectivity index (χ3v) is 2.98. The van der Waals surface area contributed by atoms with E-state index in [4.69, 9.17) is 23.2 Å². The lowest BCUT2D eigenvalue weighted by Crippen LogP contribution is -2.32. The standard InChI is InChI=1S/C8H11NO.C6H4Cl2/c1-6-3-9-4-7(2)8(6)5-10;7-5-2-1-3-6(8)4-5/h5,8-9H,1-4H2;1-4H. The van der Waals surface area contributed by atoms with Gasteiger partial charge in [-0.15, -0.1) is 0 Å². The highest BCUT2D eigenvalue weighted by Gasteiger charge is 2.18. The fourth-order valence-electron chi connectivity index (χ4n) is 1.54. The van der Waals surface area contributed by atoms with Crippen molar-refractivity contribution in [3.05, 3.63) is 58.6 Å². The van der Waals surface area contributed by atoms with Crippen molar-refractivity contribution in [3.8, 4) is 0 Å². The second-order valence-corrected chi connectivity index (χ2v) is 4.85. The zero-order valence-electron chi connectivity index (χ0n) is 9.96. The first-order valence-electron chi connectivity index (χ1n) is 5.47. The summed E-state index contributed by atoms with van der Waals surface area (Å²) in [5.41, 5.74) is 1.84. The Balaban J connectivity index is 0.000000184. The fourth-order valence-corrected chi connectivity index (χ4v) is 1.98. The van der Waals surface area contributed by atoms with Gasteiger partial charge in [-0.25, -0.2) is 0 Å². The van der Waals surface area contributed by atoms with E-state index in [0.717, 1.165) is 30.5 Å². The van der Waals surface area contributed by atoms with Crippen LogP contribution in [0.2, 0.25) is 10.0 Å². The van der Waals surface area contributed by atoms with Gasteiger partial charge in [-0.1, -0.05) is 42.4 Å². The van der Waals surface area contributed by atoms with Crippen LogP contribution in [0, 0.1) is 5.92 Å². The van der Waals surface area contributed by atoms with Gasteiger partial charge in [-0.2, -0.15) is 0 Å². The maximum Gasteiger partial charge on any atom is 0.131 e. The third kappa shape index (κ3) is 4.65. The van der Waals surface area contributed by atoms with Crippen molar-refractivity contribution in [2.24, 2.45) is 5.92 Å². The van der Waals surface area contributed by atoms with Gasteiger partial charge < -0.3 is 10.1 Å². The second kappa shape index (κ2) is 7.37. The molecule has 0 bridgehead atoms. The number of hydrogen-bond donors (Lipinski definition) is 1. The number of nitrogens with one attached hydrogen (secondary N) is 1. The molecule has 18 heavy (non-hydrogen) atoms. The van der Waals surface area contributed by atoms with E-state index in [1.807, 2.05) is 6.07 Å². The number of piperidine rings is 1. The summed E-state index contributed by atoms with van der Waals surface area (Å²) in [5, 5.41) is 4.45. The summed E-state index contributed by atoms with van der Waals surface area (Å²) < 4.78 is 0. The summed E-state index contributed by atoms with van der Waals surface area (Å²) in [6.45, 7) is 9.00. The second-order valence-electron chi connectivity index (χ2n) is 3.97. The van der Waals surface area contributed by atoms with Crippen LogP contribution in [0.15, 0.2) is 48.6 Å². The smallest absolute Gasteiger partial charge is 0.131 e. The van der Waals surface area contributed by atoms with Gasteiger partial charge in [0, 0.05) is 23.1 Å². The van der Waals surface area contributed by atoms with E-state index in [-0.39, 0.29) is 5.92 Å². The van der Waals surface area contributed by atoms with Crippen molar-refractivity contribution >= 4 is 29.5 Å². The molecule has 1 heterocycles. The monoisotopic (exact) mass is 283 g/mol. The molecule has 0 unspecified atom stereocenters. The first-order valence-corrected chi connectivity index (χ1v) is 6.22. The van der Waals surface area contributed by atoms with Crippen LogP contribution in [-0.4, -0.2) is 19.4 Å². The molecule has 2 rings (SSSR count). The quantitative estimate of drug-likeness (QED) is 0.631. The van der Waals surface area contributed by atoms with Gasteiger partial charge >= 0.3 is 0 Å². The number of aldehydes is 1. The number of carbonyl (C=O) groups excluding carboxylic acids is 1. The Kier molecular flexibility index (Phi) is 6.13. The van der Waals surface area contributed by atoms with Crippen molar-refractivity contribution < 1.29 is 4.79 Å². The molecule has 96 valence electrons. The van der Waals surface area contributed by atoms with Crippen molar-refractivity contribution in [2.45, 2.75) is 0 Å². The molecule has 0 saturated carbocycles. The van der Waals surface area contributed by atoms with Gasteiger partial charge in [0.15, 0.2) is 0 Å². The molecule has 1 aromatic carbocycles. The minimum Gasteiger partial charge on any atom is -0.309 e. The van der Waals surface area contributed by atoms with Gasteiger partial charge in [-0.3, -0.25) is 0 Å². The molecule has 4 heteroatoms. The summed E-state index contributed by atoms with van der Waals surface area (Å²) in [7, 11) is 0. The van der Waals surface area contributed by atoms with Crippen LogP contribution < -0.4 is 5.32 Å². The molecule has 0 amide bonds. The van der Waals surface area contributed by atoms with Crippen LogP contribution >= 0.6 is 23.2 Å². The summed E-state index contributed by atoms with van der Waals surface area (Å²) >= 11 is 11.1. The molecular weight excluding hydrogens is 269 g/mol. The fraction of sp³-hybridized carbons (Fsp3) is 0.214. The van der Waals surface area contributed by atoms with E-state index >= 15 is 0 Å². The third-order valence-electron chi connectivity index (χ3n) is 2.51. The first kappa shape index (κ1) is 15.0. The Morgan fingerprint density at radius 1 is 1.17 bits per heavy atom.